The lowest BCUT2D eigenvalue weighted by atomic mass is 10.2. The molecule has 25 heavy (non-hydrogen) atoms. The highest BCUT2D eigenvalue weighted by Gasteiger charge is 2.17. The maximum atomic E-state index is 12.6. The average Bonchev–Trinajstić information content (AvgIpc) is 2.57. The second-order valence-corrected chi connectivity index (χ2v) is 7.30. The summed E-state index contributed by atoms with van der Waals surface area (Å²) in [7, 11) is -3.86. The van der Waals surface area contributed by atoms with Gasteiger partial charge in [0.1, 0.15) is 0 Å². The Morgan fingerprint density at radius 3 is 2.44 bits per heavy atom. The minimum Gasteiger partial charge on any atom is -0.326 e. The molecule has 132 valence electrons. The molecule has 6 nitrogen and oxygen atoms in total. The van der Waals surface area contributed by atoms with Gasteiger partial charge >= 0.3 is 0 Å². The van der Waals surface area contributed by atoms with Crippen LogP contribution in [0.2, 0.25) is 0 Å². The van der Waals surface area contributed by atoms with Crippen LogP contribution in [-0.2, 0) is 14.8 Å². The van der Waals surface area contributed by atoms with Gasteiger partial charge < -0.3 is 5.32 Å². The number of aryl methyl sites for hydroxylation is 1. The number of sulfonamides is 1. The van der Waals surface area contributed by atoms with Gasteiger partial charge in [0.05, 0.1) is 10.6 Å². The van der Waals surface area contributed by atoms with E-state index in [9.17, 15) is 18.0 Å². The Labute approximate surface area is 147 Å². The molecular weight excluding hydrogens is 340 g/mol. The van der Waals surface area contributed by atoms with E-state index in [0.29, 0.717) is 28.9 Å². The van der Waals surface area contributed by atoms with E-state index in [1.165, 1.54) is 25.1 Å². The summed E-state index contributed by atoms with van der Waals surface area (Å²) in [6.07, 6.45) is 0.326. The van der Waals surface area contributed by atoms with E-state index in [-0.39, 0.29) is 16.6 Å². The number of Topliss-reactive ketones (excluding diaryl/α,β-unsaturated/α-hetero) is 1. The molecule has 0 aromatic heterocycles. The van der Waals surface area contributed by atoms with Crippen molar-refractivity contribution in [3.8, 4) is 0 Å². The highest BCUT2D eigenvalue weighted by molar-refractivity contribution is 7.92. The van der Waals surface area contributed by atoms with Crippen molar-refractivity contribution in [2.45, 2.75) is 32.1 Å². The molecule has 0 aliphatic carbocycles. The molecule has 0 unspecified atom stereocenters. The molecule has 0 radical (unpaired) electrons. The van der Waals surface area contributed by atoms with Gasteiger partial charge in [-0.25, -0.2) is 8.42 Å². The van der Waals surface area contributed by atoms with Crippen molar-refractivity contribution >= 4 is 33.1 Å². The maximum absolute atomic E-state index is 12.6. The number of anilines is 2. The van der Waals surface area contributed by atoms with Crippen LogP contribution in [0, 0.1) is 6.92 Å². The second-order valence-electron chi connectivity index (χ2n) is 5.62. The Morgan fingerprint density at radius 1 is 1.08 bits per heavy atom. The Bertz CT molecular complexity index is 920. The van der Waals surface area contributed by atoms with Gasteiger partial charge in [-0.05, 0) is 43.7 Å². The van der Waals surface area contributed by atoms with E-state index in [4.69, 9.17) is 0 Å². The highest BCUT2D eigenvalue weighted by Crippen LogP contribution is 2.24. The van der Waals surface area contributed by atoms with Crippen molar-refractivity contribution in [1.82, 2.24) is 0 Å². The third-order valence-electron chi connectivity index (χ3n) is 3.64. The zero-order valence-electron chi connectivity index (χ0n) is 14.3. The number of ketones is 1. The summed E-state index contributed by atoms with van der Waals surface area (Å²) >= 11 is 0. The summed E-state index contributed by atoms with van der Waals surface area (Å²) in [5.41, 5.74) is 1.90. The minimum atomic E-state index is -3.86. The van der Waals surface area contributed by atoms with Gasteiger partial charge in [0.2, 0.25) is 5.91 Å². The zero-order chi connectivity index (χ0) is 18.6. The molecule has 0 heterocycles. The van der Waals surface area contributed by atoms with E-state index < -0.39 is 10.0 Å². The Hall–Kier alpha value is -2.67. The van der Waals surface area contributed by atoms with Crippen molar-refractivity contribution in [3.05, 3.63) is 53.6 Å². The fourth-order valence-electron chi connectivity index (χ4n) is 2.15. The van der Waals surface area contributed by atoms with E-state index >= 15 is 0 Å². The van der Waals surface area contributed by atoms with Crippen LogP contribution in [0.1, 0.15) is 36.2 Å². The monoisotopic (exact) mass is 360 g/mol. The first-order valence-electron chi connectivity index (χ1n) is 7.77. The van der Waals surface area contributed by atoms with Crippen LogP contribution < -0.4 is 10.0 Å². The predicted octanol–water partition coefficient (Wildman–Crippen LogP) is 3.35. The number of rotatable bonds is 6. The summed E-state index contributed by atoms with van der Waals surface area (Å²) in [4.78, 5) is 23.0. The molecule has 2 N–H and O–H groups in total. The van der Waals surface area contributed by atoms with Gasteiger partial charge in [-0.15, -0.1) is 0 Å². The SMILES string of the molecule is CCC(=O)Nc1ccc(C)c(NS(=O)(=O)c2cccc(C(C)=O)c2)c1. The van der Waals surface area contributed by atoms with Crippen LogP contribution in [0.25, 0.3) is 0 Å². The van der Waals surface area contributed by atoms with Crippen LogP contribution in [-0.4, -0.2) is 20.1 Å². The van der Waals surface area contributed by atoms with Crippen molar-refractivity contribution < 1.29 is 18.0 Å². The van der Waals surface area contributed by atoms with Gasteiger partial charge in [-0.3, -0.25) is 14.3 Å². The summed E-state index contributed by atoms with van der Waals surface area (Å²) in [6.45, 7) is 4.87. The van der Waals surface area contributed by atoms with Crippen LogP contribution >= 0.6 is 0 Å². The van der Waals surface area contributed by atoms with Crippen LogP contribution in [0.3, 0.4) is 0 Å². The maximum Gasteiger partial charge on any atom is 0.261 e. The van der Waals surface area contributed by atoms with Crippen molar-refractivity contribution in [3.63, 3.8) is 0 Å². The number of benzene rings is 2. The first kappa shape index (κ1) is 18.7. The lowest BCUT2D eigenvalue weighted by Crippen LogP contribution is -2.15. The molecule has 0 fully saturated rings. The molecule has 2 rings (SSSR count). The lowest BCUT2D eigenvalue weighted by Gasteiger charge is -2.13. The Morgan fingerprint density at radius 2 is 1.80 bits per heavy atom. The van der Waals surface area contributed by atoms with E-state index in [2.05, 4.69) is 10.0 Å². The van der Waals surface area contributed by atoms with E-state index in [0.717, 1.165) is 0 Å². The molecule has 0 saturated heterocycles. The van der Waals surface area contributed by atoms with Gasteiger partial charge in [0.25, 0.3) is 10.0 Å². The molecule has 7 heteroatoms. The van der Waals surface area contributed by atoms with E-state index in [1.54, 1.807) is 38.1 Å². The fourth-order valence-corrected chi connectivity index (χ4v) is 3.31. The van der Waals surface area contributed by atoms with Gasteiger partial charge in [-0.2, -0.15) is 0 Å². The fraction of sp³-hybridized carbons (Fsp3) is 0.222. The lowest BCUT2D eigenvalue weighted by molar-refractivity contribution is -0.115. The molecule has 0 spiro atoms. The molecule has 1 amide bonds. The molecule has 0 aliphatic heterocycles. The number of carbonyl (C=O) groups excluding carboxylic acids is 2. The smallest absolute Gasteiger partial charge is 0.261 e. The molecule has 2 aromatic rings. The van der Waals surface area contributed by atoms with Crippen molar-refractivity contribution in [2.75, 3.05) is 10.0 Å². The molecule has 0 saturated carbocycles. The molecular formula is C18H20N2O4S. The molecule has 0 bridgehead atoms. The third-order valence-corrected chi connectivity index (χ3v) is 5.00. The molecule has 0 atom stereocenters. The summed E-state index contributed by atoms with van der Waals surface area (Å²) in [6, 6.07) is 10.8. The molecule has 2 aromatic carbocycles. The quantitative estimate of drug-likeness (QED) is 0.773. The predicted molar refractivity (Wildman–Crippen MR) is 97.4 cm³/mol. The van der Waals surface area contributed by atoms with Crippen molar-refractivity contribution in [2.24, 2.45) is 0 Å². The summed E-state index contributed by atoms with van der Waals surface area (Å²) in [5, 5.41) is 2.69. The number of amides is 1. The largest absolute Gasteiger partial charge is 0.326 e. The first-order chi connectivity index (χ1) is 11.7. The zero-order valence-corrected chi connectivity index (χ0v) is 15.1. The topological polar surface area (TPSA) is 92.3 Å². The normalized spacial score (nSPS) is 11.0. The summed E-state index contributed by atoms with van der Waals surface area (Å²) < 4.78 is 27.7. The first-order valence-corrected chi connectivity index (χ1v) is 9.25. The molecule has 0 aliphatic rings. The number of hydrogen-bond donors (Lipinski definition) is 2. The van der Waals surface area contributed by atoms with E-state index in [1.807, 2.05) is 0 Å². The Kier molecular flexibility index (Phi) is 5.58. The van der Waals surface area contributed by atoms with Crippen LogP contribution in [0.15, 0.2) is 47.4 Å². The van der Waals surface area contributed by atoms with Crippen molar-refractivity contribution in [1.29, 1.82) is 0 Å². The number of nitrogens with one attached hydrogen (secondary N) is 2. The average molecular weight is 360 g/mol. The highest BCUT2D eigenvalue weighted by atomic mass is 32.2. The van der Waals surface area contributed by atoms with Gasteiger partial charge in [0.15, 0.2) is 5.78 Å². The number of hydrogen-bond acceptors (Lipinski definition) is 4. The van der Waals surface area contributed by atoms with Crippen LogP contribution in [0.4, 0.5) is 11.4 Å². The van der Waals surface area contributed by atoms with Crippen LogP contribution in [0.5, 0.6) is 0 Å². The number of carbonyl (C=O) groups is 2. The van der Waals surface area contributed by atoms with Gasteiger partial charge in [-0.1, -0.05) is 25.1 Å². The summed E-state index contributed by atoms with van der Waals surface area (Å²) in [5.74, 6) is -0.371. The minimum absolute atomic E-state index is 0.00240. The second kappa shape index (κ2) is 7.48. The van der Waals surface area contributed by atoms with Gasteiger partial charge in [0, 0.05) is 17.7 Å². The Balaban J connectivity index is 2.34. The third kappa shape index (κ3) is 4.67. The standard InChI is InChI=1S/C18H20N2O4S/c1-4-18(22)19-15-9-8-12(2)17(11-15)20-25(23,24)16-7-5-6-14(10-16)13(3)21/h5-11,20H,4H2,1-3H3,(H,19,22).